The summed E-state index contributed by atoms with van der Waals surface area (Å²) < 4.78 is 0. The minimum Gasteiger partial charge on any atom is -0.399 e. The average molecular weight is 167 g/mol. The van der Waals surface area contributed by atoms with E-state index in [4.69, 9.17) is 5.73 Å². The van der Waals surface area contributed by atoms with Gasteiger partial charge in [0.25, 0.3) is 0 Å². The van der Waals surface area contributed by atoms with Crippen LogP contribution in [0, 0.1) is 0 Å². The molecular formula is C8H9NOS. The van der Waals surface area contributed by atoms with Crippen molar-refractivity contribution in [1.29, 1.82) is 0 Å². The SMILES string of the molecule is Nc1cc(C=O)cc(CS)c1. The molecule has 0 bridgehead atoms. The van der Waals surface area contributed by atoms with Crippen LogP contribution < -0.4 is 5.73 Å². The maximum atomic E-state index is 10.3. The largest absolute Gasteiger partial charge is 0.399 e. The van der Waals surface area contributed by atoms with Gasteiger partial charge in [-0.1, -0.05) is 0 Å². The number of carbonyl (C=O) groups is 1. The molecule has 1 rings (SSSR count). The van der Waals surface area contributed by atoms with Crippen LogP contribution in [0.3, 0.4) is 0 Å². The molecule has 58 valence electrons. The van der Waals surface area contributed by atoms with Crippen LogP contribution in [-0.4, -0.2) is 6.29 Å². The lowest BCUT2D eigenvalue weighted by molar-refractivity contribution is 0.112. The number of rotatable bonds is 2. The molecule has 11 heavy (non-hydrogen) atoms. The molecule has 0 aliphatic heterocycles. The number of nitrogen functional groups attached to an aromatic ring is 1. The van der Waals surface area contributed by atoms with Gasteiger partial charge in [0.05, 0.1) is 0 Å². The smallest absolute Gasteiger partial charge is 0.150 e. The second-order valence-electron chi connectivity index (χ2n) is 2.28. The Hall–Kier alpha value is -0.960. The van der Waals surface area contributed by atoms with Gasteiger partial charge in [-0.2, -0.15) is 12.6 Å². The van der Waals surface area contributed by atoms with Gasteiger partial charge < -0.3 is 5.73 Å². The summed E-state index contributed by atoms with van der Waals surface area (Å²) in [5, 5.41) is 0. The first-order chi connectivity index (χ1) is 5.26. The van der Waals surface area contributed by atoms with Gasteiger partial charge in [0.15, 0.2) is 0 Å². The highest BCUT2D eigenvalue weighted by atomic mass is 32.1. The van der Waals surface area contributed by atoms with Gasteiger partial charge in [-0.15, -0.1) is 0 Å². The predicted octanol–water partition coefficient (Wildman–Crippen LogP) is 1.51. The van der Waals surface area contributed by atoms with E-state index in [-0.39, 0.29) is 0 Å². The number of aldehydes is 1. The van der Waals surface area contributed by atoms with Crippen LogP contribution in [-0.2, 0) is 5.75 Å². The van der Waals surface area contributed by atoms with Gasteiger partial charge in [-0.3, -0.25) is 4.79 Å². The van der Waals surface area contributed by atoms with Crippen LogP contribution in [0.1, 0.15) is 15.9 Å². The lowest BCUT2D eigenvalue weighted by Crippen LogP contribution is -1.90. The van der Waals surface area contributed by atoms with Gasteiger partial charge >= 0.3 is 0 Å². The molecule has 0 unspecified atom stereocenters. The Balaban J connectivity index is 3.11. The van der Waals surface area contributed by atoms with Crippen molar-refractivity contribution in [2.24, 2.45) is 0 Å². The maximum Gasteiger partial charge on any atom is 0.150 e. The third-order valence-corrected chi connectivity index (χ3v) is 1.72. The molecule has 1 aromatic rings. The topological polar surface area (TPSA) is 43.1 Å². The summed E-state index contributed by atoms with van der Waals surface area (Å²) in [6.45, 7) is 0. The monoisotopic (exact) mass is 167 g/mol. The highest BCUT2D eigenvalue weighted by Crippen LogP contribution is 2.11. The van der Waals surface area contributed by atoms with Gasteiger partial charge in [0.1, 0.15) is 6.29 Å². The molecule has 0 fully saturated rings. The number of nitrogens with two attached hydrogens (primary N) is 1. The van der Waals surface area contributed by atoms with Crippen molar-refractivity contribution in [3.05, 3.63) is 29.3 Å². The molecule has 2 nitrogen and oxygen atoms in total. The van der Waals surface area contributed by atoms with Crippen molar-refractivity contribution in [2.75, 3.05) is 5.73 Å². The van der Waals surface area contributed by atoms with Crippen molar-refractivity contribution in [1.82, 2.24) is 0 Å². The number of benzene rings is 1. The highest BCUT2D eigenvalue weighted by molar-refractivity contribution is 7.79. The van der Waals surface area contributed by atoms with E-state index in [1.165, 1.54) is 0 Å². The summed E-state index contributed by atoms with van der Waals surface area (Å²) in [6, 6.07) is 5.22. The number of hydrogen-bond donors (Lipinski definition) is 2. The molecule has 3 heteroatoms. The quantitative estimate of drug-likeness (QED) is 0.398. The van der Waals surface area contributed by atoms with Crippen molar-refractivity contribution >= 4 is 24.6 Å². The Bertz CT molecular complexity index is 273. The molecule has 0 aromatic heterocycles. The Labute approximate surface area is 70.8 Å². The third-order valence-electron chi connectivity index (χ3n) is 1.36. The van der Waals surface area contributed by atoms with Gasteiger partial charge in [0, 0.05) is 17.0 Å². The summed E-state index contributed by atoms with van der Waals surface area (Å²) in [5.74, 6) is 0.603. The molecule has 1 aromatic carbocycles. The average Bonchev–Trinajstić information content (AvgIpc) is 2.03. The summed E-state index contributed by atoms with van der Waals surface area (Å²) in [6.07, 6.45) is 0.781. The summed E-state index contributed by atoms with van der Waals surface area (Å²) in [5.41, 5.74) is 7.70. The minimum absolute atomic E-state index is 0.603. The van der Waals surface area contributed by atoms with Crippen LogP contribution in [0.25, 0.3) is 0 Å². The maximum absolute atomic E-state index is 10.3. The minimum atomic E-state index is 0.603. The van der Waals surface area contributed by atoms with E-state index >= 15 is 0 Å². The van der Waals surface area contributed by atoms with Crippen molar-refractivity contribution in [2.45, 2.75) is 5.75 Å². The van der Waals surface area contributed by atoms with Crippen LogP contribution in [0.15, 0.2) is 18.2 Å². The van der Waals surface area contributed by atoms with Crippen LogP contribution in [0.5, 0.6) is 0 Å². The molecule has 0 atom stereocenters. The van der Waals surface area contributed by atoms with E-state index in [1.54, 1.807) is 18.2 Å². The van der Waals surface area contributed by atoms with Crippen molar-refractivity contribution in [3.63, 3.8) is 0 Å². The number of anilines is 1. The van der Waals surface area contributed by atoms with E-state index in [1.807, 2.05) is 0 Å². The summed E-state index contributed by atoms with van der Waals surface area (Å²) in [4.78, 5) is 10.3. The molecule has 0 aliphatic carbocycles. The Morgan fingerprint density at radius 2 is 2.18 bits per heavy atom. The van der Waals surface area contributed by atoms with Crippen molar-refractivity contribution in [3.8, 4) is 0 Å². The molecule has 0 aliphatic rings. The Kier molecular flexibility index (Phi) is 2.54. The second kappa shape index (κ2) is 3.44. The zero-order valence-electron chi connectivity index (χ0n) is 5.95. The number of thiol groups is 1. The molecule has 0 amide bonds. The Morgan fingerprint density at radius 3 is 2.73 bits per heavy atom. The van der Waals surface area contributed by atoms with Crippen LogP contribution >= 0.6 is 12.6 Å². The first kappa shape index (κ1) is 8.14. The number of carbonyl (C=O) groups excluding carboxylic acids is 1. The second-order valence-corrected chi connectivity index (χ2v) is 2.60. The Morgan fingerprint density at radius 1 is 1.45 bits per heavy atom. The standard InChI is InChI=1S/C8H9NOS/c9-8-2-6(4-10)1-7(3-8)5-11/h1-4,11H,5,9H2. The predicted molar refractivity (Wildman–Crippen MR) is 48.9 cm³/mol. The van der Waals surface area contributed by atoms with Crippen LogP contribution in [0.2, 0.25) is 0 Å². The van der Waals surface area contributed by atoms with Crippen molar-refractivity contribution < 1.29 is 4.79 Å². The molecular weight excluding hydrogens is 158 g/mol. The highest BCUT2D eigenvalue weighted by Gasteiger charge is 1.95. The fourth-order valence-electron chi connectivity index (χ4n) is 0.905. The first-order valence-electron chi connectivity index (χ1n) is 3.21. The summed E-state index contributed by atoms with van der Waals surface area (Å²) >= 11 is 4.07. The molecule has 0 heterocycles. The third kappa shape index (κ3) is 1.98. The fourth-order valence-corrected chi connectivity index (χ4v) is 1.09. The molecule has 0 saturated carbocycles. The van der Waals surface area contributed by atoms with Gasteiger partial charge in [-0.05, 0) is 23.8 Å². The summed E-state index contributed by atoms with van der Waals surface area (Å²) in [7, 11) is 0. The van der Waals surface area contributed by atoms with Gasteiger partial charge in [0.2, 0.25) is 0 Å². The lowest BCUT2D eigenvalue weighted by atomic mass is 10.1. The zero-order valence-corrected chi connectivity index (χ0v) is 6.84. The molecule has 0 radical (unpaired) electrons. The van der Waals surface area contributed by atoms with Crippen LogP contribution in [0.4, 0.5) is 5.69 Å². The first-order valence-corrected chi connectivity index (χ1v) is 3.85. The molecule has 0 spiro atoms. The zero-order chi connectivity index (χ0) is 8.27. The number of hydrogen-bond acceptors (Lipinski definition) is 3. The lowest BCUT2D eigenvalue weighted by Gasteiger charge is -1.99. The fraction of sp³-hybridized carbons (Fsp3) is 0.125. The van der Waals surface area contributed by atoms with Gasteiger partial charge in [-0.25, -0.2) is 0 Å². The van der Waals surface area contributed by atoms with E-state index in [2.05, 4.69) is 12.6 Å². The normalized spacial score (nSPS) is 9.55. The van der Waals surface area contributed by atoms with E-state index < -0.39 is 0 Å². The molecule has 0 saturated heterocycles. The van der Waals surface area contributed by atoms with E-state index in [0.29, 0.717) is 17.0 Å². The van der Waals surface area contributed by atoms with E-state index in [0.717, 1.165) is 11.8 Å². The molecule has 2 N–H and O–H groups in total. The van der Waals surface area contributed by atoms with E-state index in [9.17, 15) is 4.79 Å².